The molecule has 0 bridgehead atoms. The molecule has 0 aliphatic rings. The van der Waals surface area contributed by atoms with E-state index in [-0.39, 0.29) is 12.5 Å². The van der Waals surface area contributed by atoms with E-state index in [1.54, 1.807) is 24.3 Å². The van der Waals surface area contributed by atoms with Gasteiger partial charge in [-0.2, -0.15) is 5.10 Å². The number of benzene rings is 3. The van der Waals surface area contributed by atoms with Crippen LogP contribution in [-0.4, -0.2) is 43.4 Å². The minimum absolute atomic E-state index is 0.251. The van der Waals surface area contributed by atoms with Crippen molar-refractivity contribution in [3.63, 3.8) is 0 Å². The first kappa shape index (κ1) is 28.8. The average Bonchev–Trinajstić information content (AvgIpc) is 3.43. The lowest BCUT2D eigenvalue weighted by molar-refractivity contribution is -0.142. The molecule has 1 heterocycles. The van der Waals surface area contributed by atoms with Gasteiger partial charge in [0.15, 0.2) is 23.2 Å². The Bertz CT molecular complexity index is 1500. The molecule has 0 aliphatic carbocycles. The van der Waals surface area contributed by atoms with Gasteiger partial charge in [0.2, 0.25) is 0 Å². The van der Waals surface area contributed by atoms with Crippen molar-refractivity contribution in [3.05, 3.63) is 87.2 Å². The number of nitrogens with one attached hydrogen (secondary N) is 2. The van der Waals surface area contributed by atoms with Crippen molar-refractivity contribution in [1.29, 1.82) is 0 Å². The Morgan fingerprint density at radius 2 is 1.77 bits per heavy atom. The van der Waals surface area contributed by atoms with Crippen molar-refractivity contribution in [2.75, 3.05) is 25.6 Å². The topological polar surface area (TPSA) is 111 Å². The third-order valence-electron chi connectivity index (χ3n) is 5.56. The first-order chi connectivity index (χ1) is 19.4. The number of methoxy groups -OCH3 is 1. The number of esters is 1. The van der Waals surface area contributed by atoms with Crippen LogP contribution in [0.3, 0.4) is 0 Å². The zero-order valence-electron chi connectivity index (χ0n) is 22.1. The molecule has 0 radical (unpaired) electrons. The normalized spacial score (nSPS) is 10.8. The van der Waals surface area contributed by atoms with Crippen LogP contribution < -0.4 is 20.2 Å². The van der Waals surface area contributed by atoms with E-state index in [2.05, 4.69) is 41.5 Å². The highest BCUT2D eigenvalue weighted by Gasteiger charge is 2.13. The second kappa shape index (κ2) is 13.7. The number of rotatable bonds is 11. The van der Waals surface area contributed by atoms with Gasteiger partial charge in [0.1, 0.15) is 0 Å². The Labute approximate surface area is 244 Å². The van der Waals surface area contributed by atoms with E-state index >= 15 is 0 Å². The SMILES string of the molecule is CCOc1cc(/C=N\NC(=O)c2ccc(-c3csc(Nc4ccc(C)cc4)n3)cc2)c(Br)cc1OCC(=O)OC. The largest absolute Gasteiger partial charge is 0.490 e. The summed E-state index contributed by atoms with van der Waals surface area (Å²) in [5, 5.41) is 10.1. The summed E-state index contributed by atoms with van der Waals surface area (Å²) in [6.07, 6.45) is 1.49. The summed E-state index contributed by atoms with van der Waals surface area (Å²) in [5.41, 5.74) is 7.52. The van der Waals surface area contributed by atoms with Gasteiger partial charge < -0.3 is 19.5 Å². The monoisotopic (exact) mass is 622 g/mol. The Kier molecular flexibility index (Phi) is 9.87. The van der Waals surface area contributed by atoms with Crippen molar-refractivity contribution in [1.82, 2.24) is 10.4 Å². The van der Waals surface area contributed by atoms with E-state index in [4.69, 9.17) is 9.47 Å². The van der Waals surface area contributed by atoms with E-state index in [0.717, 1.165) is 22.1 Å². The number of aryl methyl sites for hydroxylation is 1. The van der Waals surface area contributed by atoms with Gasteiger partial charge in [-0.05, 0) is 66.2 Å². The van der Waals surface area contributed by atoms with Crippen LogP contribution in [0.15, 0.2) is 75.6 Å². The molecule has 9 nitrogen and oxygen atoms in total. The highest BCUT2D eigenvalue weighted by Crippen LogP contribution is 2.33. The molecular formula is C29H27BrN4O5S. The van der Waals surface area contributed by atoms with Gasteiger partial charge in [0.05, 0.1) is 25.6 Å². The highest BCUT2D eigenvalue weighted by molar-refractivity contribution is 9.10. The van der Waals surface area contributed by atoms with Crippen LogP contribution in [0.1, 0.15) is 28.4 Å². The van der Waals surface area contributed by atoms with Gasteiger partial charge >= 0.3 is 5.97 Å². The number of thiazole rings is 1. The van der Waals surface area contributed by atoms with Crippen LogP contribution >= 0.6 is 27.3 Å². The molecule has 4 aromatic rings. The number of hydrogen-bond acceptors (Lipinski definition) is 9. The van der Waals surface area contributed by atoms with Gasteiger partial charge in [-0.25, -0.2) is 15.2 Å². The number of ether oxygens (including phenoxy) is 3. The summed E-state index contributed by atoms with van der Waals surface area (Å²) in [4.78, 5) is 28.7. The number of hydrazone groups is 1. The smallest absolute Gasteiger partial charge is 0.343 e. The minimum atomic E-state index is -0.508. The molecule has 11 heteroatoms. The first-order valence-electron chi connectivity index (χ1n) is 12.2. The number of anilines is 2. The standard InChI is InChI=1S/C29H27BrN4O5S/c1-4-38-25-13-21(23(30)14-26(25)39-16-27(35)37-3)15-31-34-28(36)20-9-7-19(8-10-20)24-17-40-29(33-24)32-22-11-5-18(2)6-12-22/h5-15,17H,4,16H2,1-3H3,(H,32,33)(H,34,36)/b31-15-. The zero-order valence-corrected chi connectivity index (χ0v) is 24.5. The summed E-state index contributed by atoms with van der Waals surface area (Å²) in [6.45, 7) is 4.02. The van der Waals surface area contributed by atoms with Crippen LogP contribution in [0.5, 0.6) is 11.5 Å². The van der Waals surface area contributed by atoms with Crippen LogP contribution in [0, 0.1) is 6.92 Å². The molecule has 0 saturated heterocycles. The number of hydrogen-bond donors (Lipinski definition) is 2. The Balaban J connectivity index is 1.37. The molecule has 0 saturated carbocycles. The number of nitrogens with zero attached hydrogens (tertiary/aromatic N) is 2. The van der Waals surface area contributed by atoms with Crippen LogP contribution in [-0.2, 0) is 9.53 Å². The van der Waals surface area contributed by atoms with Crippen molar-refractivity contribution >= 4 is 56.2 Å². The fraction of sp³-hybridized carbons (Fsp3) is 0.172. The fourth-order valence-electron chi connectivity index (χ4n) is 3.47. The van der Waals surface area contributed by atoms with Gasteiger partial charge in [-0.1, -0.05) is 29.8 Å². The minimum Gasteiger partial charge on any atom is -0.490 e. The van der Waals surface area contributed by atoms with Crippen LogP contribution in [0.25, 0.3) is 11.3 Å². The molecule has 3 aromatic carbocycles. The number of carbonyl (C=O) groups excluding carboxylic acids is 2. The maximum Gasteiger partial charge on any atom is 0.343 e. The number of amides is 1. The number of aromatic nitrogens is 1. The molecule has 0 atom stereocenters. The summed E-state index contributed by atoms with van der Waals surface area (Å²) in [6, 6.07) is 18.6. The summed E-state index contributed by atoms with van der Waals surface area (Å²) >= 11 is 4.97. The second-order valence-electron chi connectivity index (χ2n) is 8.42. The molecule has 2 N–H and O–H groups in total. The first-order valence-corrected chi connectivity index (χ1v) is 13.9. The van der Waals surface area contributed by atoms with E-state index in [9.17, 15) is 9.59 Å². The van der Waals surface area contributed by atoms with Crippen molar-refractivity contribution in [2.24, 2.45) is 5.10 Å². The summed E-state index contributed by atoms with van der Waals surface area (Å²) < 4.78 is 16.4. The third-order valence-corrected chi connectivity index (χ3v) is 7.00. The van der Waals surface area contributed by atoms with Crippen molar-refractivity contribution in [3.8, 4) is 22.8 Å². The summed E-state index contributed by atoms with van der Waals surface area (Å²) in [5.74, 6) is -0.0656. The lowest BCUT2D eigenvalue weighted by Crippen LogP contribution is -2.17. The summed E-state index contributed by atoms with van der Waals surface area (Å²) in [7, 11) is 1.29. The van der Waals surface area contributed by atoms with Crippen molar-refractivity contribution in [2.45, 2.75) is 13.8 Å². The van der Waals surface area contributed by atoms with Crippen molar-refractivity contribution < 1.29 is 23.8 Å². The maximum atomic E-state index is 12.7. The third kappa shape index (κ3) is 7.67. The molecule has 0 unspecified atom stereocenters. The van der Waals surface area contributed by atoms with Gasteiger partial charge in [-0.15, -0.1) is 11.3 Å². The lowest BCUT2D eigenvalue weighted by Gasteiger charge is -2.13. The molecule has 206 valence electrons. The van der Waals surface area contributed by atoms with E-state index in [1.807, 2.05) is 55.6 Å². The maximum absolute atomic E-state index is 12.7. The lowest BCUT2D eigenvalue weighted by atomic mass is 10.1. The number of halogens is 1. The van der Waals surface area contributed by atoms with E-state index in [1.165, 1.54) is 30.2 Å². The highest BCUT2D eigenvalue weighted by atomic mass is 79.9. The van der Waals surface area contributed by atoms with Gasteiger partial charge in [0.25, 0.3) is 5.91 Å². The Morgan fingerprint density at radius 3 is 2.48 bits per heavy atom. The predicted molar refractivity (Wildman–Crippen MR) is 160 cm³/mol. The number of carbonyl (C=O) groups is 2. The molecule has 40 heavy (non-hydrogen) atoms. The molecule has 1 aromatic heterocycles. The van der Waals surface area contributed by atoms with E-state index < -0.39 is 5.97 Å². The molecule has 0 spiro atoms. The molecule has 0 fully saturated rings. The Morgan fingerprint density at radius 1 is 1.05 bits per heavy atom. The molecule has 1 amide bonds. The molecule has 4 rings (SSSR count). The van der Waals surface area contributed by atoms with E-state index in [0.29, 0.717) is 33.7 Å². The van der Waals surface area contributed by atoms with Gasteiger partial charge in [-0.3, -0.25) is 4.79 Å². The van der Waals surface area contributed by atoms with Crippen LogP contribution in [0.2, 0.25) is 0 Å². The zero-order chi connectivity index (χ0) is 28.5. The quantitative estimate of drug-likeness (QED) is 0.114. The fourth-order valence-corrected chi connectivity index (χ4v) is 4.63. The van der Waals surface area contributed by atoms with Crippen LogP contribution in [0.4, 0.5) is 10.8 Å². The van der Waals surface area contributed by atoms with Gasteiger partial charge in [0, 0.05) is 32.2 Å². The predicted octanol–water partition coefficient (Wildman–Crippen LogP) is 6.34. The molecular weight excluding hydrogens is 596 g/mol. The molecule has 0 aliphatic heterocycles. The average molecular weight is 624 g/mol. The second-order valence-corrected chi connectivity index (χ2v) is 10.1. The Hall–Kier alpha value is -4.22.